The summed E-state index contributed by atoms with van der Waals surface area (Å²) in [4.78, 5) is 8.04. The van der Waals surface area contributed by atoms with E-state index in [-0.39, 0.29) is 6.10 Å². The Morgan fingerprint density at radius 3 is 2.53 bits per heavy atom. The molecule has 100 valence electrons. The lowest BCUT2D eigenvalue weighted by Gasteiger charge is -2.13. The van der Waals surface area contributed by atoms with Gasteiger partial charge in [0.05, 0.1) is 9.67 Å². The van der Waals surface area contributed by atoms with Gasteiger partial charge in [-0.05, 0) is 48.6 Å². The lowest BCUT2D eigenvalue weighted by Crippen LogP contribution is -2.10. The van der Waals surface area contributed by atoms with Crippen molar-refractivity contribution in [3.05, 3.63) is 34.2 Å². The molecule has 2 N–H and O–H groups in total. The highest BCUT2D eigenvalue weighted by Crippen LogP contribution is 2.32. The topological polar surface area (TPSA) is 70.3 Å². The molecule has 2 rings (SSSR count). The minimum atomic E-state index is -0.0121. The number of aromatic nitrogens is 2. The fourth-order valence-corrected chi connectivity index (χ4v) is 1.89. The molecule has 0 radical (unpaired) electrons. The molecule has 6 heteroatoms. The Morgan fingerprint density at radius 2 is 1.84 bits per heavy atom. The fourth-order valence-electron chi connectivity index (χ4n) is 1.39. The first-order valence-electron chi connectivity index (χ1n) is 5.77. The smallest absolute Gasteiger partial charge is 0.249 e. The maximum atomic E-state index is 5.95. The van der Waals surface area contributed by atoms with Crippen molar-refractivity contribution in [1.29, 1.82) is 0 Å². The zero-order valence-corrected chi connectivity index (χ0v) is 12.8. The Bertz CT molecular complexity index is 576. The van der Waals surface area contributed by atoms with Gasteiger partial charge in [0.2, 0.25) is 11.8 Å². The van der Waals surface area contributed by atoms with Crippen LogP contribution in [-0.2, 0) is 0 Å². The molecule has 2 aromatic rings. The molecular weight excluding hydrogens is 357 g/mol. The van der Waals surface area contributed by atoms with Crippen molar-refractivity contribution in [3.63, 3.8) is 0 Å². The van der Waals surface area contributed by atoms with Gasteiger partial charge in [-0.15, -0.1) is 0 Å². The first kappa shape index (κ1) is 13.9. The molecule has 0 saturated carbocycles. The molecule has 0 amide bonds. The van der Waals surface area contributed by atoms with Gasteiger partial charge in [0, 0.05) is 0 Å². The van der Waals surface area contributed by atoms with Gasteiger partial charge in [-0.3, -0.25) is 0 Å². The van der Waals surface area contributed by atoms with Crippen LogP contribution in [0.3, 0.4) is 0 Å². The van der Waals surface area contributed by atoms with Crippen LogP contribution >= 0.6 is 22.6 Å². The van der Waals surface area contributed by atoms with E-state index in [1.807, 2.05) is 38.1 Å². The SMILES string of the molecule is CC(C)Oc1ncnc(Oc2ccccc2I)c1N. The number of halogens is 1. The number of rotatable bonds is 4. The first-order valence-corrected chi connectivity index (χ1v) is 6.85. The number of para-hydroxylation sites is 1. The first-order chi connectivity index (χ1) is 9.08. The number of nitrogens with zero attached hydrogens (tertiary/aromatic N) is 2. The molecule has 0 atom stereocenters. The standard InChI is InChI=1S/C13H14IN3O2/c1-8(2)18-12-11(15)13(17-7-16-12)19-10-6-4-3-5-9(10)14/h3-8H,15H2,1-2H3. The number of hydrogen-bond acceptors (Lipinski definition) is 5. The second kappa shape index (κ2) is 6.05. The molecule has 1 aromatic heterocycles. The number of ether oxygens (including phenoxy) is 2. The van der Waals surface area contributed by atoms with E-state index in [9.17, 15) is 0 Å². The van der Waals surface area contributed by atoms with Crippen LogP contribution in [0.15, 0.2) is 30.6 Å². The third kappa shape index (κ3) is 3.46. The van der Waals surface area contributed by atoms with E-state index in [1.165, 1.54) is 6.33 Å². The number of anilines is 1. The van der Waals surface area contributed by atoms with Gasteiger partial charge < -0.3 is 15.2 Å². The van der Waals surface area contributed by atoms with Crippen molar-refractivity contribution in [2.24, 2.45) is 0 Å². The van der Waals surface area contributed by atoms with Crippen LogP contribution < -0.4 is 15.2 Å². The molecule has 0 aliphatic rings. The zero-order valence-electron chi connectivity index (χ0n) is 10.6. The van der Waals surface area contributed by atoms with Crippen molar-refractivity contribution < 1.29 is 9.47 Å². The summed E-state index contributed by atoms with van der Waals surface area (Å²) in [6.07, 6.45) is 1.36. The van der Waals surface area contributed by atoms with E-state index in [1.54, 1.807) is 0 Å². The number of nitrogens with two attached hydrogens (primary N) is 1. The molecule has 19 heavy (non-hydrogen) atoms. The second-order valence-corrected chi connectivity index (χ2v) is 5.26. The van der Waals surface area contributed by atoms with Crippen molar-refractivity contribution in [2.75, 3.05) is 5.73 Å². The second-order valence-electron chi connectivity index (χ2n) is 4.10. The van der Waals surface area contributed by atoms with Crippen LogP contribution in [0.1, 0.15) is 13.8 Å². The number of benzene rings is 1. The summed E-state index contributed by atoms with van der Waals surface area (Å²) in [5.74, 6) is 1.34. The summed E-state index contributed by atoms with van der Waals surface area (Å²) < 4.78 is 12.2. The number of nitrogen functional groups attached to an aromatic ring is 1. The molecule has 0 fully saturated rings. The summed E-state index contributed by atoms with van der Waals surface area (Å²) in [6.45, 7) is 3.81. The Labute approximate surface area is 125 Å². The quantitative estimate of drug-likeness (QED) is 0.836. The normalized spacial score (nSPS) is 10.5. The van der Waals surface area contributed by atoms with E-state index in [0.717, 1.165) is 3.57 Å². The molecule has 0 bridgehead atoms. The third-order valence-corrected chi connectivity index (χ3v) is 3.09. The van der Waals surface area contributed by atoms with Crippen molar-refractivity contribution in [3.8, 4) is 17.5 Å². The average Bonchev–Trinajstić information content (AvgIpc) is 2.36. The van der Waals surface area contributed by atoms with Crippen molar-refractivity contribution in [2.45, 2.75) is 20.0 Å². The van der Waals surface area contributed by atoms with Crippen LogP contribution in [0, 0.1) is 3.57 Å². The molecule has 0 saturated heterocycles. The monoisotopic (exact) mass is 371 g/mol. The molecule has 5 nitrogen and oxygen atoms in total. The highest BCUT2D eigenvalue weighted by Gasteiger charge is 2.13. The van der Waals surface area contributed by atoms with Gasteiger partial charge in [-0.2, -0.15) is 9.97 Å². The number of hydrogen-bond donors (Lipinski definition) is 1. The Balaban J connectivity index is 2.28. The minimum Gasteiger partial charge on any atom is -0.473 e. The summed E-state index contributed by atoms with van der Waals surface area (Å²) >= 11 is 2.19. The highest BCUT2D eigenvalue weighted by atomic mass is 127. The van der Waals surface area contributed by atoms with Crippen LogP contribution in [-0.4, -0.2) is 16.1 Å². The van der Waals surface area contributed by atoms with Gasteiger partial charge in [0.15, 0.2) is 5.69 Å². The lowest BCUT2D eigenvalue weighted by atomic mass is 10.3. The van der Waals surface area contributed by atoms with E-state index >= 15 is 0 Å². The molecule has 0 aliphatic carbocycles. The van der Waals surface area contributed by atoms with Gasteiger partial charge in [0.1, 0.15) is 12.1 Å². The summed E-state index contributed by atoms with van der Waals surface area (Å²) in [6, 6.07) is 7.62. The summed E-state index contributed by atoms with van der Waals surface area (Å²) in [5.41, 5.74) is 6.25. The zero-order chi connectivity index (χ0) is 13.8. The van der Waals surface area contributed by atoms with E-state index < -0.39 is 0 Å². The van der Waals surface area contributed by atoms with E-state index in [4.69, 9.17) is 15.2 Å². The lowest BCUT2D eigenvalue weighted by molar-refractivity contribution is 0.232. The minimum absolute atomic E-state index is 0.0121. The summed E-state index contributed by atoms with van der Waals surface area (Å²) in [5, 5.41) is 0. The average molecular weight is 371 g/mol. The van der Waals surface area contributed by atoms with Crippen molar-refractivity contribution >= 4 is 28.3 Å². The van der Waals surface area contributed by atoms with Crippen molar-refractivity contribution in [1.82, 2.24) is 9.97 Å². The van der Waals surface area contributed by atoms with E-state index in [2.05, 4.69) is 32.6 Å². The van der Waals surface area contributed by atoms with Crippen LogP contribution in [0.5, 0.6) is 17.5 Å². The largest absolute Gasteiger partial charge is 0.473 e. The van der Waals surface area contributed by atoms with Gasteiger partial charge in [0.25, 0.3) is 0 Å². The van der Waals surface area contributed by atoms with Crippen LogP contribution in [0.2, 0.25) is 0 Å². The van der Waals surface area contributed by atoms with Gasteiger partial charge in [-0.25, -0.2) is 0 Å². The van der Waals surface area contributed by atoms with E-state index in [0.29, 0.717) is 23.2 Å². The van der Waals surface area contributed by atoms with Gasteiger partial charge in [-0.1, -0.05) is 12.1 Å². The Hall–Kier alpha value is -1.57. The maximum absolute atomic E-state index is 5.95. The molecule has 0 spiro atoms. The molecule has 1 aromatic carbocycles. The van der Waals surface area contributed by atoms with Gasteiger partial charge >= 0.3 is 0 Å². The molecular formula is C13H14IN3O2. The predicted octanol–water partition coefficient (Wildman–Crippen LogP) is 3.24. The molecule has 0 unspecified atom stereocenters. The maximum Gasteiger partial charge on any atom is 0.249 e. The fraction of sp³-hybridized carbons (Fsp3) is 0.231. The molecule has 1 heterocycles. The van der Waals surface area contributed by atoms with Crippen LogP contribution in [0.4, 0.5) is 5.69 Å². The van der Waals surface area contributed by atoms with Crippen LogP contribution in [0.25, 0.3) is 0 Å². The molecule has 0 aliphatic heterocycles. The predicted molar refractivity (Wildman–Crippen MR) is 81.4 cm³/mol. The Kier molecular flexibility index (Phi) is 4.41. The Morgan fingerprint density at radius 1 is 1.16 bits per heavy atom. The highest BCUT2D eigenvalue weighted by molar-refractivity contribution is 14.1. The summed E-state index contributed by atoms with van der Waals surface area (Å²) in [7, 11) is 0. The third-order valence-electron chi connectivity index (χ3n) is 2.20.